The lowest BCUT2D eigenvalue weighted by Crippen LogP contribution is -2.30. The first-order valence-electron chi connectivity index (χ1n) is 8.82. The molecular weight excluding hydrogens is 410 g/mol. The second kappa shape index (κ2) is 8.62. The lowest BCUT2D eigenvalue weighted by molar-refractivity contribution is -0.122. The molecule has 3 aromatic rings. The standard InChI is InChI=1S/C20H21N3O4S2/c1-13-4-9-18(14(2)12-13)27-15(3)19(24)22-16-5-7-17(8-6-16)29(25,26)23-20-21-10-11-28-20/h4-12,15H,1-3H3,(H,21,23)(H,22,24). The Labute approximate surface area is 173 Å². The molecule has 2 N–H and O–H groups in total. The number of nitrogens with zero attached hydrogens (tertiary/aromatic N) is 1. The van der Waals surface area contributed by atoms with Crippen molar-refractivity contribution < 1.29 is 17.9 Å². The van der Waals surface area contributed by atoms with Gasteiger partial charge in [-0.3, -0.25) is 9.52 Å². The number of ether oxygens (including phenoxy) is 1. The molecule has 9 heteroatoms. The molecule has 1 atom stereocenters. The van der Waals surface area contributed by atoms with E-state index in [-0.39, 0.29) is 10.8 Å². The van der Waals surface area contributed by atoms with Crippen molar-refractivity contribution in [2.75, 3.05) is 10.0 Å². The van der Waals surface area contributed by atoms with Gasteiger partial charge in [-0.2, -0.15) is 0 Å². The Kier molecular flexibility index (Phi) is 6.19. The minimum absolute atomic E-state index is 0.0743. The summed E-state index contributed by atoms with van der Waals surface area (Å²) >= 11 is 1.19. The molecule has 0 aliphatic heterocycles. The highest BCUT2D eigenvalue weighted by Gasteiger charge is 2.18. The van der Waals surface area contributed by atoms with Gasteiger partial charge in [0.1, 0.15) is 5.75 Å². The molecule has 0 fully saturated rings. The first-order chi connectivity index (χ1) is 13.7. The van der Waals surface area contributed by atoms with E-state index in [9.17, 15) is 13.2 Å². The number of rotatable bonds is 7. The SMILES string of the molecule is Cc1ccc(OC(C)C(=O)Nc2ccc(S(=O)(=O)Nc3nccs3)cc2)c(C)c1. The second-order valence-electron chi connectivity index (χ2n) is 6.49. The van der Waals surface area contributed by atoms with Crippen LogP contribution in [-0.2, 0) is 14.8 Å². The summed E-state index contributed by atoms with van der Waals surface area (Å²) in [4.78, 5) is 16.4. The van der Waals surface area contributed by atoms with Crippen LogP contribution in [0.25, 0.3) is 0 Å². The summed E-state index contributed by atoms with van der Waals surface area (Å²) in [6, 6.07) is 11.6. The van der Waals surface area contributed by atoms with Gasteiger partial charge in [0.25, 0.3) is 15.9 Å². The molecule has 0 spiro atoms. The summed E-state index contributed by atoms with van der Waals surface area (Å²) < 4.78 is 32.8. The van der Waals surface area contributed by atoms with Crippen LogP contribution in [-0.4, -0.2) is 25.4 Å². The average molecular weight is 432 g/mol. The number of carbonyl (C=O) groups excluding carboxylic acids is 1. The Balaban J connectivity index is 1.63. The maximum absolute atomic E-state index is 12.4. The summed E-state index contributed by atoms with van der Waals surface area (Å²) in [7, 11) is -3.73. The van der Waals surface area contributed by atoms with Crippen LogP contribution >= 0.6 is 11.3 Å². The zero-order chi connectivity index (χ0) is 21.0. The lowest BCUT2D eigenvalue weighted by Gasteiger charge is -2.16. The van der Waals surface area contributed by atoms with Crippen molar-refractivity contribution >= 4 is 38.1 Å². The first kappa shape index (κ1) is 20.8. The van der Waals surface area contributed by atoms with E-state index in [0.29, 0.717) is 16.6 Å². The van der Waals surface area contributed by atoms with E-state index < -0.39 is 16.1 Å². The summed E-state index contributed by atoms with van der Waals surface area (Å²) in [6.45, 7) is 5.57. The number of hydrogen-bond donors (Lipinski definition) is 2. The molecule has 7 nitrogen and oxygen atoms in total. The zero-order valence-electron chi connectivity index (χ0n) is 16.2. The third-order valence-electron chi connectivity index (χ3n) is 4.09. The van der Waals surface area contributed by atoms with Crippen LogP contribution < -0.4 is 14.8 Å². The molecule has 1 heterocycles. The van der Waals surface area contributed by atoms with Crippen molar-refractivity contribution in [3.8, 4) is 5.75 Å². The van der Waals surface area contributed by atoms with Gasteiger partial charge in [0, 0.05) is 17.3 Å². The third-order valence-corrected chi connectivity index (χ3v) is 6.26. The van der Waals surface area contributed by atoms with E-state index in [1.165, 1.54) is 41.8 Å². The molecule has 1 amide bonds. The molecule has 1 aromatic heterocycles. The van der Waals surface area contributed by atoms with E-state index in [2.05, 4.69) is 15.0 Å². The molecule has 3 rings (SSSR count). The highest BCUT2D eigenvalue weighted by atomic mass is 32.2. The predicted molar refractivity (Wildman–Crippen MR) is 114 cm³/mol. The molecule has 0 aliphatic rings. The molecule has 0 aliphatic carbocycles. The molecular formula is C20H21N3O4S2. The highest BCUT2D eigenvalue weighted by molar-refractivity contribution is 7.93. The molecule has 29 heavy (non-hydrogen) atoms. The zero-order valence-corrected chi connectivity index (χ0v) is 17.8. The Morgan fingerprint density at radius 3 is 2.48 bits per heavy atom. The van der Waals surface area contributed by atoms with Crippen LogP contribution in [0.15, 0.2) is 58.9 Å². The normalized spacial score (nSPS) is 12.2. The number of sulfonamides is 1. The molecule has 0 bridgehead atoms. The topological polar surface area (TPSA) is 97.4 Å². The number of nitrogens with one attached hydrogen (secondary N) is 2. The predicted octanol–water partition coefficient (Wildman–Crippen LogP) is 3.97. The molecule has 0 radical (unpaired) electrons. The number of benzene rings is 2. The average Bonchev–Trinajstić information content (AvgIpc) is 3.16. The smallest absolute Gasteiger partial charge is 0.265 e. The van der Waals surface area contributed by atoms with Crippen molar-refractivity contribution in [2.24, 2.45) is 0 Å². The van der Waals surface area contributed by atoms with Crippen LogP contribution in [0.5, 0.6) is 5.75 Å². The van der Waals surface area contributed by atoms with Gasteiger partial charge in [0.2, 0.25) is 0 Å². The number of amides is 1. The lowest BCUT2D eigenvalue weighted by atomic mass is 10.1. The van der Waals surface area contributed by atoms with Crippen molar-refractivity contribution in [2.45, 2.75) is 31.8 Å². The van der Waals surface area contributed by atoms with Gasteiger partial charge in [-0.25, -0.2) is 13.4 Å². The van der Waals surface area contributed by atoms with E-state index in [1.54, 1.807) is 12.3 Å². The van der Waals surface area contributed by atoms with Crippen molar-refractivity contribution in [3.05, 3.63) is 65.2 Å². The Hall–Kier alpha value is -2.91. The van der Waals surface area contributed by atoms with Gasteiger partial charge < -0.3 is 10.1 Å². The van der Waals surface area contributed by atoms with Gasteiger partial charge in [0.05, 0.1) is 4.90 Å². The summed E-state index contributed by atoms with van der Waals surface area (Å²) in [5.41, 5.74) is 2.54. The van der Waals surface area contributed by atoms with E-state index in [1.807, 2.05) is 32.0 Å². The minimum Gasteiger partial charge on any atom is -0.481 e. The summed E-state index contributed by atoms with van der Waals surface area (Å²) in [5, 5.41) is 4.70. The maximum atomic E-state index is 12.4. The Morgan fingerprint density at radius 2 is 1.86 bits per heavy atom. The monoisotopic (exact) mass is 431 g/mol. The fraction of sp³-hybridized carbons (Fsp3) is 0.200. The number of aromatic nitrogens is 1. The van der Waals surface area contributed by atoms with Gasteiger partial charge in [-0.05, 0) is 56.7 Å². The minimum atomic E-state index is -3.73. The van der Waals surface area contributed by atoms with E-state index >= 15 is 0 Å². The van der Waals surface area contributed by atoms with Crippen LogP contribution in [0.1, 0.15) is 18.1 Å². The molecule has 2 aromatic carbocycles. The molecule has 152 valence electrons. The number of hydrogen-bond acceptors (Lipinski definition) is 6. The number of aryl methyl sites for hydroxylation is 2. The van der Waals surface area contributed by atoms with Crippen LogP contribution in [0.4, 0.5) is 10.8 Å². The number of carbonyl (C=O) groups is 1. The largest absolute Gasteiger partial charge is 0.481 e. The van der Waals surface area contributed by atoms with Crippen molar-refractivity contribution in [1.82, 2.24) is 4.98 Å². The molecule has 0 saturated carbocycles. The van der Waals surface area contributed by atoms with Crippen molar-refractivity contribution in [3.63, 3.8) is 0 Å². The first-order valence-corrected chi connectivity index (χ1v) is 11.2. The fourth-order valence-corrected chi connectivity index (χ4v) is 4.37. The Bertz CT molecular complexity index is 1100. The van der Waals surface area contributed by atoms with Crippen molar-refractivity contribution in [1.29, 1.82) is 0 Å². The highest BCUT2D eigenvalue weighted by Crippen LogP contribution is 2.22. The third kappa shape index (κ3) is 5.33. The van der Waals surface area contributed by atoms with E-state index in [4.69, 9.17) is 4.74 Å². The summed E-state index contributed by atoms with van der Waals surface area (Å²) in [5.74, 6) is 0.314. The van der Waals surface area contributed by atoms with E-state index in [0.717, 1.165) is 11.1 Å². The van der Waals surface area contributed by atoms with Gasteiger partial charge in [-0.15, -0.1) is 11.3 Å². The maximum Gasteiger partial charge on any atom is 0.265 e. The van der Waals surface area contributed by atoms with Gasteiger partial charge in [-0.1, -0.05) is 17.7 Å². The van der Waals surface area contributed by atoms with Crippen LogP contribution in [0.2, 0.25) is 0 Å². The van der Waals surface area contributed by atoms with Crippen LogP contribution in [0, 0.1) is 13.8 Å². The summed E-state index contributed by atoms with van der Waals surface area (Å²) in [6.07, 6.45) is 0.800. The fourth-order valence-electron chi connectivity index (χ4n) is 2.58. The second-order valence-corrected chi connectivity index (χ2v) is 9.06. The van der Waals surface area contributed by atoms with Crippen LogP contribution in [0.3, 0.4) is 0 Å². The quantitative estimate of drug-likeness (QED) is 0.590. The molecule has 1 unspecified atom stereocenters. The number of anilines is 2. The molecule has 0 saturated heterocycles. The Morgan fingerprint density at radius 1 is 1.14 bits per heavy atom. The van der Waals surface area contributed by atoms with Gasteiger partial charge in [0.15, 0.2) is 11.2 Å². The number of thiazole rings is 1. The van der Waals surface area contributed by atoms with Gasteiger partial charge >= 0.3 is 0 Å².